The highest BCUT2D eigenvalue weighted by molar-refractivity contribution is 6.31. The van der Waals surface area contributed by atoms with Crippen molar-refractivity contribution >= 4 is 39.7 Å². The van der Waals surface area contributed by atoms with Crippen molar-refractivity contribution in [3.63, 3.8) is 0 Å². The zero-order valence-electron chi connectivity index (χ0n) is 8.97. The van der Waals surface area contributed by atoms with Gasteiger partial charge in [0.25, 0.3) is 0 Å². The summed E-state index contributed by atoms with van der Waals surface area (Å²) in [6.07, 6.45) is 2.93. The zero-order valence-corrected chi connectivity index (χ0v) is 10.5. The minimum absolute atomic E-state index is 0.628. The molecule has 1 heterocycles. The molecule has 0 amide bonds. The number of benzene rings is 1. The number of allylic oxidation sites excluding steroid dienone is 2. The molecule has 16 heavy (non-hydrogen) atoms. The van der Waals surface area contributed by atoms with Gasteiger partial charge in [0, 0.05) is 16.3 Å². The van der Waals surface area contributed by atoms with E-state index in [1.54, 1.807) is 0 Å². The molecule has 84 valence electrons. The molecule has 0 atom stereocenters. The maximum atomic E-state index is 5.92. The van der Waals surface area contributed by atoms with E-state index in [9.17, 15) is 0 Å². The summed E-state index contributed by atoms with van der Waals surface area (Å²) in [6, 6.07) is 7.62. The van der Waals surface area contributed by atoms with Crippen LogP contribution in [0.25, 0.3) is 16.5 Å². The fraction of sp³-hybridized carbons (Fsp3) is 0.231. The first-order valence-corrected chi connectivity index (χ1v) is 6.04. The molecule has 1 nitrogen and oxygen atoms in total. The molecule has 0 radical (unpaired) electrons. The highest BCUT2D eigenvalue weighted by Gasteiger charge is 2.05. The summed E-state index contributed by atoms with van der Waals surface area (Å²) < 4.78 is 5.71. The van der Waals surface area contributed by atoms with Crippen LogP contribution in [0.3, 0.4) is 0 Å². The number of fused-ring (bicyclic) bond motifs is 1. The molecular formula is C13H12Cl2O. The Kier molecular flexibility index (Phi) is 3.57. The second-order valence-corrected chi connectivity index (χ2v) is 4.47. The summed E-state index contributed by atoms with van der Waals surface area (Å²) in [5, 5.41) is 1.75. The Balaban J connectivity index is 2.39. The van der Waals surface area contributed by atoms with Crippen molar-refractivity contribution in [3.05, 3.63) is 41.1 Å². The van der Waals surface area contributed by atoms with Gasteiger partial charge in [-0.05, 0) is 43.2 Å². The molecule has 2 aromatic rings. The molecule has 0 bridgehead atoms. The molecule has 0 aliphatic carbocycles. The van der Waals surface area contributed by atoms with E-state index in [0.29, 0.717) is 5.88 Å². The number of halogens is 2. The molecule has 0 N–H and O–H groups in total. The summed E-state index contributed by atoms with van der Waals surface area (Å²) in [5.41, 5.74) is 1.96. The fourth-order valence-corrected chi connectivity index (χ4v) is 1.87. The lowest BCUT2D eigenvalue weighted by atomic mass is 10.2. The summed E-state index contributed by atoms with van der Waals surface area (Å²) >= 11 is 11.6. The van der Waals surface area contributed by atoms with Gasteiger partial charge >= 0.3 is 0 Å². The van der Waals surface area contributed by atoms with E-state index in [0.717, 1.165) is 33.7 Å². The van der Waals surface area contributed by atoms with Gasteiger partial charge in [-0.25, -0.2) is 0 Å². The molecule has 0 saturated heterocycles. The third-order valence-electron chi connectivity index (χ3n) is 2.43. The van der Waals surface area contributed by atoms with Crippen molar-refractivity contribution < 1.29 is 4.42 Å². The molecule has 0 aliphatic heterocycles. The highest BCUT2D eigenvalue weighted by Crippen LogP contribution is 2.26. The molecule has 1 aromatic heterocycles. The van der Waals surface area contributed by atoms with Crippen LogP contribution in [0.5, 0.6) is 0 Å². The van der Waals surface area contributed by atoms with E-state index >= 15 is 0 Å². The Morgan fingerprint density at radius 2 is 2.19 bits per heavy atom. The molecule has 2 rings (SSSR count). The topological polar surface area (TPSA) is 13.1 Å². The summed E-state index contributed by atoms with van der Waals surface area (Å²) in [7, 11) is 0. The Labute approximate surface area is 105 Å². The van der Waals surface area contributed by atoms with Crippen molar-refractivity contribution in [1.82, 2.24) is 0 Å². The normalized spacial score (nSPS) is 12.3. The second-order valence-electron chi connectivity index (χ2n) is 3.66. The SMILES string of the molecule is C/C(=C/CCCl)c1cc2cc(Cl)ccc2o1. The summed E-state index contributed by atoms with van der Waals surface area (Å²) in [4.78, 5) is 0. The monoisotopic (exact) mass is 254 g/mol. The molecule has 0 unspecified atom stereocenters. The number of hydrogen-bond acceptors (Lipinski definition) is 1. The van der Waals surface area contributed by atoms with E-state index in [1.165, 1.54) is 0 Å². The van der Waals surface area contributed by atoms with Crippen LogP contribution in [0, 0.1) is 0 Å². The summed E-state index contributed by atoms with van der Waals surface area (Å²) in [6.45, 7) is 2.02. The molecule has 0 fully saturated rings. The summed E-state index contributed by atoms with van der Waals surface area (Å²) in [5.74, 6) is 1.51. The quantitative estimate of drug-likeness (QED) is 0.694. The Morgan fingerprint density at radius 1 is 1.38 bits per heavy atom. The second kappa shape index (κ2) is 4.94. The minimum Gasteiger partial charge on any atom is -0.456 e. The number of rotatable bonds is 3. The van der Waals surface area contributed by atoms with Gasteiger partial charge in [0.2, 0.25) is 0 Å². The van der Waals surface area contributed by atoms with E-state index < -0.39 is 0 Å². The van der Waals surface area contributed by atoms with Gasteiger partial charge in [0.05, 0.1) is 0 Å². The van der Waals surface area contributed by atoms with Gasteiger partial charge < -0.3 is 4.42 Å². The van der Waals surface area contributed by atoms with Crippen molar-refractivity contribution in [3.8, 4) is 0 Å². The van der Waals surface area contributed by atoms with Crippen molar-refractivity contribution in [2.75, 3.05) is 5.88 Å². The molecule has 0 saturated carbocycles. The van der Waals surface area contributed by atoms with E-state index in [4.69, 9.17) is 27.6 Å². The van der Waals surface area contributed by atoms with Crippen molar-refractivity contribution in [2.24, 2.45) is 0 Å². The number of alkyl halides is 1. The Bertz CT molecular complexity index is 526. The molecule has 0 spiro atoms. The minimum atomic E-state index is 0.628. The first-order chi connectivity index (χ1) is 7.70. The third kappa shape index (κ3) is 2.42. The Hall–Kier alpha value is -0.920. The maximum Gasteiger partial charge on any atom is 0.134 e. The van der Waals surface area contributed by atoms with Gasteiger partial charge in [0.1, 0.15) is 11.3 Å². The van der Waals surface area contributed by atoms with Crippen LogP contribution >= 0.6 is 23.2 Å². The molecule has 3 heteroatoms. The maximum absolute atomic E-state index is 5.92. The van der Waals surface area contributed by atoms with Crippen LogP contribution < -0.4 is 0 Å². The average molecular weight is 255 g/mol. The standard InChI is InChI=1S/C13H12Cl2O/c1-9(3-2-6-14)13-8-10-7-11(15)4-5-12(10)16-13/h3-5,7-8H,2,6H2,1H3/b9-3-. The predicted octanol–water partition coefficient (Wildman–Crippen LogP) is 5.12. The fourth-order valence-electron chi connectivity index (χ4n) is 1.58. The first-order valence-electron chi connectivity index (χ1n) is 5.13. The lowest BCUT2D eigenvalue weighted by Gasteiger charge is -1.94. The van der Waals surface area contributed by atoms with E-state index in [-0.39, 0.29) is 0 Å². The average Bonchev–Trinajstić information content (AvgIpc) is 2.68. The van der Waals surface area contributed by atoms with Gasteiger partial charge in [-0.2, -0.15) is 0 Å². The lowest BCUT2D eigenvalue weighted by Crippen LogP contribution is -1.75. The van der Waals surface area contributed by atoms with Crippen LogP contribution in [0.4, 0.5) is 0 Å². The van der Waals surface area contributed by atoms with Crippen LogP contribution in [0.1, 0.15) is 19.1 Å². The van der Waals surface area contributed by atoms with Gasteiger partial charge in [0.15, 0.2) is 0 Å². The highest BCUT2D eigenvalue weighted by atomic mass is 35.5. The molecule has 1 aromatic carbocycles. The third-order valence-corrected chi connectivity index (χ3v) is 2.88. The van der Waals surface area contributed by atoms with E-state index in [2.05, 4.69) is 6.08 Å². The molecular weight excluding hydrogens is 243 g/mol. The number of furan rings is 1. The molecule has 0 aliphatic rings. The van der Waals surface area contributed by atoms with Gasteiger partial charge in [-0.1, -0.05) is 17.7 Å². The zero-order chi connectivity index (χ0) is 11.5. The van der Waals surface area contributed by atoms with Gasteiger partial charge in [-0.15, -0.1) is 11.6 Å². The van der Waals surface area contributed by atoms with Crippen LogP contribution in [0.2, 0.25) is 5.02 Å². The lowest BCUT2D eigenvalue weighted by molar-refractivity contribution is 0.599. The Morgan fingerprint density at radius 3 is 2.94 bits per heavy atom. The predicted molar refractivity (Wildman–Crippen MR) is 70.2 cm³/mol. The largest absolute Gasteiger partial charge is 0.456 e. The van der Waals surface area contributed by atoms with Crippen LogP contribution in [-0.4, -0.2) is 5.88 Å². The van der Waals surface area contributed by atoms with Crippen LogP contribution in [-0.2, 0) is 0 Å². The first kappa shape index (κ1) is 11.6. The van der Waals surface area contributed by atoms with Crippen molar-refractivity contribution in [2.45, 2.75) is 13.3 Å². The van der Waals surface area contributed by atoms with Crippen LogP contribution in [0.15, 0.2) is 34.8 Å². The number of hydrogen-bond donors (Lipinski definition) is 0. The van der Waals surface area contributed by atoms with E-state index in [1.807, 2.05) is 31.2 Å². The smallest absolute Gasteiger partial charge is 0.134 e. The van der Waals surface area contributed by atoms with Crippen molar-refractivity contribution in [1.29, 1.82) is 0 Å². The van der Waals surface area contributed by atoms with Gasteiger partial charge in [-0.3, -0.25) is 0 Å².